The first-order chi connectivity index (χ1) is 9.81. The molecule has 0 bridgehead atoms. The van der Waals surface area contributed by atoms with Gasteiger partial charge in [-0.25, -0.2) is 0 Å². The molecule has 4 heteroatoms. The van der Waals surface area contributed by atoms with Crippen LogP contribution in [0.2, 0.25) is 0 Å². The van der Waals surface area contributed by atoms with Gasteiger partial charge >= 0.3 is 0 Å². The molecule has 112 valence electrons. The topological polar surface area (TPSA) is 33.7 Å². The van der Waals surface area contributed by atoms with Crippen LogP contribution in [-0.2, 0) is 9.47 Å². The molecule has 0 amide bonds. The molecule has 1 aromatic rings. The molecule has 1 aliphatic rings. The number of nitrogens with zero attached hydrogens (tertiary/aromatic N) is 1. The van der Waals surface area contributed by atoms with Crippen molar-refractivity contribution in [3.8, 4) is 0 Å². The summed E-state index contributed by atoms with van der Waals surface area (Å²) in [5, 5.41) is 3.62. The molecule has 20 heavy (non-hydrogen) atoms. The van der Waals surface area contributed by atoms with E-state index in [4.69, 9.17) is 9.47 Å². The maximum atomic E-state index is 5.58. The van der Waals surface area contributed by atoms with E-state index in [1.54, 1.807) is 7.11 Å². The van der Waals surface area contributed by atoms with Crippen molar-refractivity contribution in [2.24, 2.45) is 0 Å². The molecule has 1 saturated heterocycles. The van der Waals surface area contributed by atoms with E-state index in [0.29, 0.717) is 25.3 Å². The summed E-state index contributed by atoms with van der Waals surface area (Å²) in [7, 11) is 1.70. The highest BCUT2D eigenvalue weighted by atomic mass is 16.5. The SMILES string of the molecule is COCCOCCN1CC(c2ccccc2)NCC1C. The molecule has 2 atom stereocenters. The van der Waals surface area contributed by atoms with Gasteiger partial charge < -0.3 is 14.8 Å². The lowest BCUT2D eigenvalue weighted by Gasteiger charge is -2.39. The molecule has 2 unspecified atom stereocenters. The number of ether oxygens (including phenoxy) is 2. The molecular weight excluding hydrogens is 252 g/mol. The van der Waals surface area contributed by atoms with Gasteiger partial charge in [-0.15, -0.1) is 0 Å². The van der Waals surface area contributed by atoms with Crippen LogP contribution >= 0.6 is 0 Å². The molecule has 1 aliphatic heterocycles. The number of rotatable bonds is 7. The molecule has 1 N–H and O–H groups in total. The van der Waals surface area contributed by atoms with E-state index in [9.17, 15) is 0 Å². The first-order valence-electron chi connectivity index (χ1n) is 7.40. The molecule has 2 rings (SSSR count). The van der Waals surface area contributed by atoms with Crippen molar-refractivity contribution in [3.63, 3.8) is 0 Å². The number of piperazine rings is 1. The summed E-state index contributed by atoms with van der Waals surface area (Å²) >= 11 is 0. The average molecular weight is 278 g/mol. The maximum Gasteiger partial charge on any atom is 0.0700 e. The number of benzene rings is 1. The lowest BCUT2D eigenvalue weighted by molar-refractivity contribution is 0.0418. The van der Waals surface area contributed by atoms with Gasteiger partial charge in [-0.3, -0.25) is 4.90 Å². The van der Waals surface area contributed by atoms with E-state index < -0.39 is 0 Å². The van der Waals surface area contributed by atoms with E-state index >= 15 is 0 Å². The third-order valence-corrected chi connectivity index (χ3v) is 3.86. The Kier molecular flexibility index (Phi) is 6.47. The van der Waals surface area contributed by atoms with Crippen molar-refractivity contribution in [3.05, 3.63) is 35.9 Å². The Labute approximate surface area is 122 Å². The smallest absolute Gasteiger partial charge is 0.0700 e. The summed E-state index contributed by atoms with van der Waals surface area (Å²) in [5.74, 6) is 0. The van der Waals surface area contributed by atoms with Gasteiger partial charge in [0, 0.05) is 38.8 Å². The molecule has 0 aromatic heterocycles. The quantitative estimate of drug-likeness (QED) is 0.770. The molecule has 0 radical (unpaired) electrons. The fraction of sp³-hybridized carbons (Fsp3) is 0.625. The summed E-state index contributed by atoms with van der Waals surface area (Å²) in [6.07, 6.45) is 0. The molecule has 4 nitrogen and oxygen atoms in total. The standard InChI is InChI=1S/C16H26N2O2/c1-14-12-17-16(15-6-4-3-5-7-15)13-18(14)8-9-20-11-10-19-2/h3-7,14,16-17H,8-13H2,1-2H3. The third kappa shape index (κ3) is 4.56. The zero-order valence-electron chi connectivity index (χ0n) is 12.5. The van der Waals surface area contributed by atoms with Crippen LogP contribution in [0.25, 0.3) is 0 Å². The van der Waals surface area contributed by atoms with Crippen molar-refractivity contribution >= 4 is 0 Å². The fourth-order valence-electron chi connectivity index (χ4n) is 2.57. The lowest BCUT2D eigenvalue weighted by Crippen LogP contribution is -2.52. The second-order valence-electron chi connectivity index (χ2n) is 5.32. The van der Waals surface area contributed by atoms with Crippen molar-refractivity contribution < 1.29 is 9.47 Å². The van der Waals surface area contributed by atoms with Gasteiger partial charge in [-0.1, -0.05) is 30.3 Å². The Hall–Kier alpha value is -0.940. The highest BCUT2D eigenvalue weighted by Crippen LogP contribution is 2.19. The first-order valence-corrected chi connectivity index (χ1v) is 7.40. The van der Waals surface area contributed by atoms with Crippen molar-refractivity contribution in [1.82, 2.24) is 10.2 Å². The minimum Gasteiger partial charge on any atom is -0.382 e. The monoisotopic (exact) mass is 278 g/mol. The van der Waals surface area contributed by atoms with Crippen LogP contribution in [0.4, 0.5) is 0 Å². The lowest BCUT2D eigenvalue weighted by atomic mass is 10.0. The van der Waals surface area contributed by atoms with Gasteiger partial charge in [0.15, 0.2) is 0 Å². The predicted molar refractivity (Wildman–Crippen MR) is 80.9 cm³/mol. The van der Waals surface area contributed by atoms with Crippen LogP contribution < -0.4 is 5.32 Å². The highest BCUT2D eigenvalue weighted by Gasteiger charge is 2.25. The van der Waals surface area contributed by atoms with E-state index in [1.807, 2.05) is 0 Å². The highest BCUT2D eigenvalue weighted by molar-refractivity contribution is 5.20. The van der Waals surface area contributed by atoms with E-state index in [2.05, 4.69) is 47.5 Å². The molecule has 1 aromatic carbocycles. The molecule has 0 saturated carbocycles. The van der Waals surface area contributed by atoms with Crippen LogP contribution in [0, 0.1) is 0 Å². The molecule has 1 heterocycles. The van der Waals surface area contributed by atoms with E-state index in [0.717, 1.165) is 26.2 Å². The van der Waals surface area contributed by atoms with Gasteiger partial charge in [0.05, 0.1) is 19.8 Å². The van der Waals surface area contributed by atoms with Crippen LogP contribution in [0.5, 0.6) is 0 Å². The van der Waals surface area contributed by atoms with Crippen LogP contribution in [0.1, 0.15) is 18.5 Å². The molecular formula is C16H26N2O2. The molecule has 0 aliphatic carbocycles. The van der Waals surface area contributed by atoms with Crippen LogP contribution in [-0.4, -0.2) is 57.5 Å². The number of nitrogens with one attached hydrogen (secondary N) is 1. The van der Waals surface area contributed by atoms with E-state index in [-0.39, 0.29) is 0 Å². The Morgan fingerprint density at radius 2 is 2.00 bits per heavy atom. The first kappa shape index (κ1) is 15.4. The summed E-state index contributed by atoms with van der Waals surface area (Å²) in [6, 6.07) is 11.6. The zero-order valence-corrected chi connectivity index (χ0v) is 12.5. The van der Waals surface area contributed by atoms with E-state index in [1.165, 1.54) is 5.56 Å². The van der Waals surface area contributed by atoms with Crippen LogP contribution in [0.3, 0.4) is 0 Å². The third-order valence-electron chi connectivity index (χ3n) is 3.86. The Morgan fingerprint density at radius 3 is 2.75 bits per heavy atom. The van der Waals surface area contributed by atoms with Gasteiger partial charge in [-0.05, 0) is 12.5 Å². The average Bonchev–Trinajstić information content (AvgIpc) is 2.49. The Morgan fingerprint density at radius 1 is 1.20 bits per heavy atom. The largest absolute Gasteiger partial charge is 0.382 e. The summed E-state index contributed by atoms with van der Waals surface area (Å²) in [4.78, 5) is 2.50. The minimum atomic E-state index is 0.423. The van der Waals surface area contributed by atoms with Crippen molar-refractivity contribution in [2.75, 3.05) is 46.6 Å². The Bertz CT molecular complexity index is 372. The minimum absolute atomic E-state index is 0.423. The predicted octanol–water partition coefficient (Wildman–Crippen LogP) is 1.68. The summed E-state index contributed by atoms with van der Waals surface area (Å²) < 4.78 is 10.6. The van der Waals surface area contributed by atoms with Gasteiger partial charge in [0.1, 0.15) is 0 Å². The zero-order chi connectivity index (χ0) is 14.2. The maximum absolute atomic E-state index is 5.58. The van der Waals surface area contributed by atoms with Gasteiger partial charge in [-0.2, -0.15) is 0 Å². The number of hydrogen-bond acceptors (Lipinski definition) is 4. The van der Waals surface area contributed by atoms with Crippen molar-refractivity contribution in [1.29, 1.82) is 0 Å². The molecule has 0 spiro atoms. The van der Waals surface area contributed by atoms with Gasteiger partial charge in [0.25, 0.3) is 0 Å². The normalized spacial score (nSPS) is 23.9. The second kappa shape index (κ2) is 8.37. The second-order valence-corrected chi connectivity index (χ2v) is 5.32. The fourth-order valence-corrected chi connectivity index (χ4v) is 2.57. The van der Waals surface area contributed by atoms with Gasteiger partial charge in [0.2, 0.25) is 0 Å². The summed E-state index contributed by atoms with van der Waals surface area (Å²) in [5.41, 5.74) is 1.37. The van der Waals surface area contributed by atoms with Crippen LogP contribution in [0.15, 0.2) is 30.3 Å². The van der Waals surface area contributed by atoms with Crippen molar-refractivity contribution in [2.45, 2.75) is 19.0 Å². The summed E-state index contributed by atoms with van der Waals surface area (Å²) in [6.45, 7) is 7.44. The number of methoxy groups -OCH3 is 1. The Balaban J connectivity index is 1.79. The molecule has 1 fully saturated rings. The number of hydrogen-bond donors (Lipinski definition) is 1.